The van der Waals surface area contributed by atoms with Gasteiger partial charge in [0.25, 0.3) is 0 Å². The highest BCUT2D eigenvalue weighted by Gasteiger charge is 2.14. The third-order valence-corrected chi connectivity index (χ3v) is 2.45. The molecule has 0 saturated heterocycles. The highest BCUT2D eigenvalue weighted by Crippen LogP contribution is 2.15. The zero-order chi connectivity index (χ0) is 11.8. The van der Waals surface area contributed by atoms with Gasteiger partial charge in [0.05, 0.1) is 0 Å². The minimum atomic E-state index is -0.754. The molecule has 0 amide bonds. The maximum atomic E-state index is 10.7. The Morgan fingerprint density at radius 2 is 1.87 bits per heavy atom. The van der Waals surface area contributed by atoms with Crippen molar-refractivity contribution in [3.05, 3.63) is 0 Å². The average Bonchev–Trinajstić information content (AvgIpc) is 2.10. The summed E-state index contributed by atoms with van der Waals surface area (Å²) in [4.78, 5) is 20.9. The van der Waals surface area contributed by atoms with Crippen molar-refractivity contribution in [3.63, 3.8) is 0 Å². The Balaban J connectivity index is 3.59. The van der Waals surface area contributed by atoms with E-state index in [2.05, 4.69) is 0 Å². The van der Waals surface area contributed by atoms with Crippen molar-refractivity contribution in [2.45, 2.75) is 52.6 Å². The number of unbranched alkanes of at least 4 members (excludes halogenated alkanes) is 1. The molecule has 0 spiro atoms. The largest absolute Gasteiger partial charge is 0.481 e. The van der Waals surface area contributed by atoms with Crippen LogP contribution in [0, 0.1) is 5.92 Å². The van der Waals surface area contributed by atoms with Crippen LogP contribution in [0.5, 0.6) is 0 Å². The number of carboxylic acids is 1. The molecular weight excluding hydrogens is 196 g/mol. The van der Waals surface area contributed by atoms with Crippen LogP contribution >= 0.6 is 0 Å². The standard InChI is InChI=1S/C11H20O4/c1-8(9(2)15-10(3)12)6-4-5-7-11(13)14/h8-9H,4-7H2,1-3H3,(H,13,14). The highest BCUT2D eigenvalue weighted by molar-refractivity contribution is 5.66. The Bertz CT molecular complexity index is 213. The molecule has 0 fully saturated rings. The van der Waals surface area contributed by atoms with Crippen molar-refractivity contribution in [2.75, 3.05) is 0 Å². The third-order valence-electron chi connectivity index (χ3n) is 2.45. The van der Waals surface area contributed by atoms with Crippen molar-refractivity contribution in [3.8, 4) is 0 Å². The SMILES string of the molecule is CC(=O)OC(C)C(C)CCCCC(=O)O. The van der Waals surface area contributed by atoms with Crippen LogP contribution in [-0.4, -0.2) is 23.1 Å². The van der Waals surface area contributed by atoms with Gasteiger partial charge < -0.3 is 9.84 Å². The van der Waals surface area contributed by atoms with Crippen LogP contribution in [0.15, 0.2) is 0 Å². The quantitative estimate of drug-likeness (QED) is 0.523. The van der Waals surface area contributed by atoms with Crippen LogP contribution in [0.2, 0.25) is 0 Å². The number of ether oxygens (including phenoxy) is 1. The van der Waals surface area contributed by atoms with Gasteiger partial charge in [0.15, 0.2) is 0 Å². The molecule has 1 N–H and O–H groups in total. The van der Waals surface area contributed by atoms with E-state index >= 15 is 0 Å². The number of rotatable bonds is 7. The van der Waals surface area contributed by atoms with Crippen LogP contribution in [0.4, 0.5) is 0 Å². The van der Waals surface area contributed by atoms with Gasteiger partial charge in [-0.1, -0.05) is 13.3 Å². The molecule has 4 heteroatoms. The summed E-state index contributed by atoms with van der Waals surface area (Å²) >= 11 is 0. The van der Waals surface area contributed by atoms with Crippen LogP contribution in [0.1, 0.15) is 46.5 Å². The summed E-state index contributed by atoms with van der Waals surface area (Å²) in [7, 11) is 0. The van der Waals surface area contributed by atoms with Gasteiger partial charge in [-0.15, -0.1) is 0 Å². The molecule has 0 rings (SSSR count). The topological polar surface area (TPSA) is 63.6 Å². The molecule has 0 aliphatic heterocycles. The van der Waals surface area contributed by atoms with E-state index in [0.717, 1.165) is 12.8 Å². The number of hydrogen-bond donors (Lipinski definition) is 1. The van der Waals surface area contributed by atoms with Gasteiger partial charge in [0.1, 0.15) is 6.10 Å². The molecule has 0 aliphatic carbocycles. The molecule has 0 aromatic rings. The van der Waals surface area contributed by atoms with E-state index in [4.69, 9.17) is 9.84 Å². The van der Waals surface area contributed by atoms with E-state index in [-0.39, 0.29) is 24.4 Å². The van der Waals surface area contributed by atoms with Crippen LogP contribution in [-0.2, 0) is 14.3 Å². The number of esters is 1. The summed E-state index contributed by atoms with van der Waals surface area (Å²) in [6, 6.07) is 0. The average molecular weight is 216 g/mol. The summed E-state index contributed by atoms with van der Waals surface area (Å²) < 4.78 is 5.03. The first kappa shape index (κ1) is 13.9. The summed E-state index contributed by atoms with van der Waals surface area (Å²) in [5.41, 5.74) is 0. The van der Waals surface area contributed by atoms with Crippen molar-refractivity contribution in [1.82, 2.24) is 0 Å². The fraction of sp³-hybridized carbons (Fsp3) is 0.818. The predicted molar refractivity (Wildman–Crippen MR) is 56.5 cm³/mol. The normalized spacial score (nSPS) is 14.3. The molecular formula is C11H20O4. The molecule has 15 heavy (non-hydrogen) atoms. The Morgan fingerprint density at radius 1 is 1.27 bits per heavy atom. The summed E-state index contributed by atoms with van der Waals surface area (Å²) in [6.07, 6.45) is 2.56. The van der Waals surface area contributed by atoms with E-state index in [1.807, 2.05) is 13.8 Å². The van der Waals surface area contributed by atoms with E-state index in [1.54, 1.807) is 0 Å². The van der Waals surface area contributed by atoms with Crippen molar-refractivity contribution in [2.24, 2.45) is 5.92 Å². The molecule has 0 aliphatic rings. The molecule has 4 nitrogen and oxygen atoms in total. The van der Waals surface area contributed by atoms with Gasteiger partial charge in [-0.2, -0.15) is 0 Å². The van der Waals surface area contributed by atoms with E-state index in [1.165, 1.54) is 6.92 Å². The van der Waals surface area contributed by atoms with E-state index < -0.39 is 5.97 Å². The van der Waals surface area contributed by atoms with Gasteiger partial charge >= 0.3 is 11.9 Å². The summed E-state index contributed by atoms with van der Waals surface area (Å²) in [5, 5.41) is 8.44. The minimum absolute atomic E-state index is 0.0904. The molecule has 88 valence electrons. The molecule has 2 atom stereocenters. The second-order valence-electron chi connectivity index (χ2n) is 3.93. The second kappa shape index (κ2) is 7.26. The van der Waals surface area contributed by atoms with Crippen molar-refractivity contribution in [1.29, 1.82) is 0 Å². The second-order valence-corrected chi connectivity index (χ2v) is 3.93. The maximum Gasteiger partial charge on any atom is 0.303 e. The summed E-state index contributed by atoms with van der Waals surface area (Å²) in [6.45, 7) is 5.27. The van der Waals surface area contributed by atoms with E-state index in [0.29, 0.717) is 6.42 Å². The number of aliphatic carboxylic acids is 1. The third kappa shape index (κ3) is 7.97. The first-order valence-electron chi connectivity index (χ1n) is 5.32. The van der Waals surface area contributed by atoms with Gasteiger partial charge in [-0.3, -0.25) is 9.59 Å². The molecule has 0 aromatic heterocycles. The molecule has 0 heterocycles. The minimum Gasteiger partial charge on any atom is -0.481 e. The predicted octanol–water partition coefficient (Wildman–Crippen LogP) is 2.22. The molecule has 0 aromatic carbocycles. The zero-order valence-corrected chi connectivity index (χ0v) is 9.66. The monoisotopic (exact) mass is 216 g/mol. The van der Waals surface area contributed by atoms with Gasteiger partial charge in [0.2, 0.25) is 0 Å². The lowest BCUT2D eigenvalue weighted by atomic mass is 9.98. The zero-order valence-electron chi connectivity index (χ0n) is 9.66. The fourth-order valence-corrected chi connectivity index (χ4v) is 1.36. The van der Waals surface area contributed by atoms with Gasteiger partial charge in [-0.25, -0.2) is 0 Å². The van der Waals surface area contributed by atoms with Crippen molar-refractivity contribution < 1.29 is 19.4 Å². The van der Waals surface area contributed by atoms with Gasteiger partial charge in [-0.05, 0) is 25.7 Å². The lowest BCUT2D eigenvalue weighted by Gasteiger charge is -2.19. The first-order chi connectivity index (χ1) is 6.93. The fourth-order valence-electron chi connectivity index (χ4n) is 1.36. The number of hydrogen-bond acceptors (Lipinski definition) is 3. The number of carbonyl (C=O) groups excluding carboxylic acids is 1. The molecule has 0 saturated carbocycles. The first-order valence-corrected chi connectivity index (χ1v) is 5.32. The lowest BCUT2D eigenvalue weighted by Crippen LogP contribution is -2.20. The lowest BCUT2D eigenvalue weighted by molar-refractivity contribution is -0.147. The van der Waals surface area contributed by atoms with E-state index in [9.17, 15) is 9.59 Å². The highest BCUT2D eigenvalue weighted by atomic mass is 16.5. The number of carbonyl (C=O) groups is 2. The Kier molecular flexibility index (Phi) is 6.75. The Hall–Kier alpha value is -1.06. The van der Waals surface area contributed by atoms with Gasteiger partial charge in [0, 0.05) is 13.3 Å². The number of carboxylic acid groups (broad SMARTS) is 1. The Morgan fingerprint density at radius 3 is 2.33 bits per heavy atom. The van der Waals surface area contributed by atoms with Crippen molar-refractivity contribution >= 4 is 11.9 Å². The smallest absolute Gasteiger partial charge is 0.303 e. The maximum absolute atomic E-state index is 10.7. The van der Waals surface area contributed by atoms with Crippen LogP contribution < -0.4 is 0 Å². The Labute approximate surface area is 90.6 Å². The van der Waals surface area contributed by atoms with Crippen LogP contribution in [0.25, 0.3) is 0 Å². The van der Waals surface area contributed by atoms with Crippen LogP contribution in [0.3, 0.4) is 0 Å². The molecule has 0 bridgehead atoms. The molecule has 2 unspecified atom stereocenters. The molecule has 0 radical (unpaired) electrons. The summed E-state index contributed by atoms with van der Waals surface area (Å²) in [5.74, 6) is -0.738.